The Labute approximate surface area is 112 Å². The smallest absolute Gasteiger partial charge is 0.0647 e. The van der Waals surface area contributed by atoms with Crippen LogP contribution in [-0.2, 0) is 0 Å². The Bertz CT molecular complexity index is 227. The molecular weight excluding hydrogens is 226 g/mol. The Balaban J connectivity index is 2.48. The van der Waals surface area contributed by atoms with E-state index >= 15 is 0 Å². The van der Waals surface area contributed by atoms with Gasteiger partial charge in [-0.05, 0) is 43.4 Å². The molecular formula is C15H31NO2. The summed E-state index contributed by atoms with van der Waals surface area (Å²) in [6, 6.07) is 0.447. The molecule has 3 N–H and O–H groups in total. The van der Waals surface area contributed by atoms with E-state index in [1.807, 2.05) is 6.92 Å². The lowest BCUT2D eigenvalue weighted by Crippen LogP contribution is -2.56. The normalized spacial score (nSPS) is 26.3. The third kappa shape index (κ3) is 3.94. The van der Waals surface area contributed by atoms with E-state index in [9.17, 15) is 10.2 Å². The Kier molecular flexibility index (Phi) is 5.63. The highest BCUT2D eigenvalue weighted by molar-refractivity contribution is 4.91. The van der Waals surface area contributed by atoms with Gasteiger partial charge in [0.1, 0.15) is 0 Å². The molecule has 3 nitrogen and oxygen atoms in total. The van der Waals surface area contributed by atoms with Crippen LogP contribution in [0.25, 0.3) is 0 Å². The molecule has 0 aromatic rings. The predicted octanol–water partition coefficient (Wildman–Crippen LogP) is 2.31. The largest absolute Gasteiger partial charge is 0.394 e. The van der Waals surface area contributed by atoms with E-state index in [4.69, 9.17) is 0 Å². The lowest BCUT2D eigenvalue weighted by molar-refractivity contribution is 0.0631. The maximum Gasteiger partial charge on any atom is 0.0647 e. The fourth-order valence-corrected chi connectivity index (χ4v) is 3.00. The van der Waals surface area contributed by atoms with Crippen molar-refractivity contribution in [1.82, 2.24) is 5.32 Å². The van der Waals surface area contributed by atoms with Gasteiger partial charge >= 0.3 is 0 Å². The number of rotatable bonds is 5. The van der Waals surface area contributed by atoms with Crippen LogP contribution in [0.2, 0.25) is 0 Å². The van der Waals surface area contributed by atoms with Crippen LogP contribution in [0.3, 0.4) is 0 Å². The molecule has 0 radical (unpaired) electrons. The molecule has 0 spiro atoms. The molecule has 1 aliphatic rings. The molecule has 1 saturated carbocycles. The first kappa shape index (κ1) is 15.9. The van der Waals surface area contributed by atoms with E-state index in [1.165, 1.54) is 12.8 Å². The molecule has 0 heterocycles. The minimum Gasteiger partial charge on any atom is -0.394 e. The van der Waals surface area contributed by atoms with Crippen molar-refractivity contribution in [2.45, 2.75) is 71.4 Å². The third-order valence-corrected chi connectivity index (χ3v) is 4.74. The van der Waals surface area contributed by atoms with Gasteiger partial charge in [0, 0.05) is 6.04 Å². The molecule has 1 fully saturated rings. The Morgan fingerprint density at radius 3 is 1.83 bits per heavy atom. The van der Waals surface area contributed by atoms with Crippen LogP contribution in [0.1, 0.15) is 59.8 Å². The second-order valence-electron chi connectivity index (χ2n) is 7.01. The van der Waals surface area contributed by atoms with Crippen LogP contribution in [0, 0.1) is 11.3 Å². The first-order chi connectivity index (χ1) is 8.37. The van der Waals surface area contributed by atoms with E-state index < -0.39 is 5.54 Å². The lowest BCUT2D eigenvalue weighted by atomic mass is 9.71. The van der Waals surface area contributed by atoms with Gasteiger partial charge in [0.05, 0.1) is 18.8 Å². The van der Waals surface area contributed by atoms with Crippen LogP contribution in [0.4, 0.5) is 0 Å². The number of aliphatic hydroxyl groups is 2. The van der Waals surface area contributed by atoms with Gasteiger partial charge in [-0.2, -0.15) is 0 Å². The van der Waals surface area contributed by atoms with Crippen molar-refractivity contribution in [3.05, 3.63) is 0 Å². The molecule has 0 unspecified atom stereocenters. The molecule has 0 aromatic carbocycles. The SMILES string of the molecule is CCC(CO)(CO)NC1CCC(C(C)(C)C)CC1. The summed E-state index contributed by atoms with van der Waals surface area (Å²) in [6.07, 6.45) is 5.57. The van der Waals surface area contributed by atoms with Crippen molar-refractivity contribution in [3.63, 3.8) is 0 Å². The maximum atomic E-state index is 9.47. The summed E-state index contributed by atoms with van der Waals surface area (Å²) in [5.74, 6) is 0.801. The van der Waals surface area contributed by atoms with E-state index in [0.29, 0.717) is 11.5 Å². The second-order valence-corrected chi connectivity index (χ2v) is 7.01. The summed E-state index contributed by atoms with van der Waals surface area (Å²) in [7, 11) is 0. The molecule has 3 heteroatoms. The summed E-state index contributed by atoms with van der Waals surface area (Å²) >= 11 is 0. The summed E-state index contributed by atoms with van der Waals surface area (Å²) < 4.78 is 0. The summed E-state index contributed by atoms with van der Waals surface area (Å²) in [5, 5.41) is 22.4. The second kappa shape index (κ2) is 6.36. The van der Waals surface area contributed by atoms with Gasteiger partial charge in [-0.25, -0.2) is 0 Å². The van der Waals surface area contributed by atoms with Crippen LogP contribution in [0.5, 0.6) is 0 Å². The van der Waals surface area contributed by atoms with Gasteiger partial charge in [0.2, 0.25) is 0 Å². The van der Waals surface area contributed by atoms with E-state index in [1.54, 1.807) is 0 Å². The number of nitrogens with one attached hydrogen (secondary N) is 1. The van der Waals surface area contributed by atoms with Crippen molar-refractivity contribution in [2.24, 2.45) is 11.3 Å². The van der Waals surface area contributed by atoms with Gasteiger partial charge in [-0.3, -0.25) is 0 Å². The Hall–Kier alpha value is -0.120. The molecule has 1 aliphatic carbocycles. The molecule has 0 atom stereocenters. The van der Waals surface area contributed by atoms with Crippen LogP contribution >= 0.6 is 0 Å². The molecule has 0 bridgehead atoms. The average molecular weight is 257 g/mol. The van der Waals surface area contributed by atoms with Crippen molar-refractivity contribution >= 4 is 0 Å². The summed E-state index contributed by atoms with van der Waals surface area (Å²) in [5.41, 5.74) is -0.0833. The van der Waals surface area contributed by atoms with E-state index in [0.717, 1.165) is 25.2 Å². The van der Waals surface area contributed by atoms with E-state index in [-0.39, 0.29) is 13.2 Å². The Morgan fingerprint density at radius 2 is 1.50 bits per heavy atom. The monoisotopic (exact) mass is 257 g/mol. The minimum atomic E-state index is -0.487. The van der Waals surface area contributed by atoms with Crippen LogP contribution in [-0.4, -0.2) is 35.0 Å². The maximum absolute atomic E-state index is 9.47. The molecule has 0 saturated heterocycles. The zero-order valence-electron chi connectivity index (χ0n) is 12.5. The zero-order chi connectivity index (χ0) is 13.8. The minimum absolute atomic E-state index is 0.0131. The molecule has 18 heavy (non-hydrogen) atoms. The third-order valence-electron chi connectivity index (χ3n) is 4.74. The fraction of sp³-hybridized carbons (Fsp3) is 1.00. The van der Waals surface area contributed by atoms with Gasteiger partial charge < -0.3 is 15.5 Å². The van der Waals surface area contributed by atoms with Crippen molar-refractivity contribution < 1.29 is 10.2 Å². The fourth-order valence-electron chi connectivity index (χ4n) is 3.00. The van der Waals surface area contributed by atoms with Gasteiger partial charge in [-0.15, -0.1) is 0 Å². The topological polar surface area (TPSA) is 52.5 Å². The molecule has 0 amide bonds. The van der Waals surface area contributed by atoms with Crippen molar-refractivity contribution in [2.75, 3.05) is 13.2 Å². The molecule has 1 rings (SSSR count). The number of hydrogen-bond acceptors (Lipinski definition) is 3. The highest BCUT2D eigenvalue weighted by Gasteiger charge is 2.34. The number of hydrogen-bond donors (Lipinski definition) is 3. The highest BCUT2D eigenvalue weighted by atomic mass is 16.3. The van der Waals surface area contributed by atoms with E-state index in [2.05, 4.69) is 26.1 Å². The van der Waals surface area contributed by atoms with Crippen LogP contribution < -0.4 is 5.32 Å². The quantitative estimate of drug-likeness (QED) is 0.708. The van der Waals surface area contributed by atoms with Gasteiger partial charge in [0.25, 0.3) is 0 Å². The molecule has 0 aliphatic heterocycles. The van der Waals surface area contributed by atoms with Gasteiger partial charge in [-0.1, -0.05) is 27.7 Å². The Morgan fingerprint density at radius 1 is 1.00 bits per heavy atom. The van der Waals surface area contributed by atoms with Crippen molar-refractivity contribution in [3.8, 4) is 0 Å². The highest BCUT2D eigenvalue weighted by Crippen LogP contribution is 2.38. The average Bonchev–Trinajstić information content (AvgIpc) is 2.36. The first-order valence-corrected chi connectivity index (χ1v) is 7.36. The number of aliphatic hydroxyl groups excluding tert-OH is 2. The van der Waals surface area contributed by atoms with Crippen molar-refractivity contribution in [1.29, 1.82) is 0 Å². The summed E-state index contributed by atoms with van der Waals surface area (Å²) in [4.78, 5) is 0. The lowest BCUT2D eigenvalue weighted by Gasteiger charge is -2.41. The van der Waals surface area contributed by atoms with Gasteiger partial charge in [0.15, 0.2) is 0 Å². The zero-order valence-corrected chi connectivity index (χ0v) is 12.5. The summed E-state index contributed by atoms with van der Waals surface area (Å²) in [6.45, 7) is 9.01. The predicted molar refractivity (Wildman–Crippen MR) is 75.5 cm³/mol. The molecule has 108 valence electrons. The first-order valence-electron chi connectivity index (χ1n) is 7.36. The van der Waals surface area contributed by atoms with Crippen LogP contribution in [0.15, 0.2) is 0 Å². The standard InChI is InChI=1S/C15H31NO2/c1-5-15(10-17,11-18)16-13-8-6-12(7-9-13)14(2,3)4/h12-13,16-18H,5-11H2,1-4H3. The molecule has 0 aromatic heterocycles.